The van der Waals surface area contributed by atoms with Gasteiger partial charge in [-0.1, -0.05) is 12.1 Å². The molecule has 1 amide bonds. The van der Waals surface area contributed by atoms with Crippen LogP contribution in [0.15, 0.2) is 30.6 Å². The first kappa shape index (κ1) is 15.0. The molecule has 118 valence electrons. The van der Waals surface area contributed by atoms with Crippen LogP contribution in [-0.2, 0) is 17.9 Å². The molecule has 0 bridgehead atoms. The van der Waals surface area contributed by atoms with Crippen molar-refractivity contribution in [2.45, 2.75) is 32.0 Å². The molecule has 0 atom stereocenters. The number of nitrogens with zero attached hydrogens (tertiary/aromatic N) is 5. The summed E-state index contributed by atoms with van der Waals surface area (Å²) in [4.78, 5) is 18.2. The van der Waals surface area contributed by atoms with E-state index in [9.17, 15) is 4.79 Å². The van der Waals surface area contributed by atoms with Gasteiger partial charge in [-0.15, -0.1) is 5.10 Å². The maximum Gasteiger partial charge on any atom is 0.252 e. The number of methoxy groups -OCH3 is 1. The predicted octanol–water partition coefficient (Wildman–Crippen LogP) is 1.35. The number of amides is 1. The van der Waals surface area contributed by atoms with Gasteiger partial charge in [-0.2, -0.15) is 5.26 Å². The summed E-state index contributed by atoms with van der Waals surface area (Å²) < 4.78 is 6.55. The smallest absolute Gasteiger partial charge is 0.252 e. The van der Waals surface area contributed by atoms with E-state index < -0.39 is 0 Å². The minimum Gasteiger partial charge on any atom is -0.497 e. The van der Waals surface area contributed by atoms with Gasteiger partial charge >= 0.3 is 0 Å². The lowest BCUT2D eigenvalue weighted by Crippen LogP contribution is -2.35. The molecule has 1 fully saturated rings. The van der Waals surface area contributed by atoms with Crippen LogP contribution in [0.25, 0.3) is 0 Å². The molecular weight excluding hydrogens is 294 g/mol. The lowest BCUT2D eigenvalue weighted by Gasteiger charge is -2.22. The summed E-state index contributed by atoms with van der Waals surface area (Å²) in [5.74, 6) is 0.855. The Bertz CT molecular complexity index is 728. The van der Waals surface area contributed by atoms with Crippen molar-refractivity contribution in [3.8, 4) is 11.8 Å². The van der Waals surface area contributed by atoms with E-state index in [1.165, 1.54) is 11.0 Å². The van der Waals surface area contributed by atoms with E-state index in [-0.39, 0.29) is 18.3 Å². The van der Waals surface area contributed by atoms with Gasteiger partial charge in [0.1, 0.15) is 24.7 Å². The first-order chi connectivity index (χ1) is 11.2. The van der Waals surface area contributed by atoms with Crippen LogP contribution in [0.4, 0.5) is 0 Å². The largest absolute Gasteiger partial charge is 0.497 e. The molecule has 3 rings (SSSR count). The fourth-order valence-electron chi connectivity index (χ4n) is 2.39. The zero-order valence-electron chi connectivity index (χ0n) is 12.8. The van der Waals surface area contributed by atoms with E-state index in [0.717, 1.165) is 24.2 Å². The van der Waals surface area contributed by atoms with E-state index in [2.05, 4.69) is 10.1 Å². The molecule has 0 unspecified atom stereocenters. The molecule has 1 aromatic carbocycles. The summed E-state index contributed by atoms with van der Waals surface area (Å²) in [5.41, 5.74) is 1.06. The molecule has 0 radical (unpaired) electrons. The first-order valence-electron chi connectivity index (χ1n) is 7.41. The first-order valence-corrected chi connectivity index (χ1v) is 7.41. The molecule has 1 aliphatic rings. The third kappa shape index (κ3) is 3.66. The Labute approximate surface area is 134 Å². The van der Waals surface area contributed by atoms with E-state index in [0.29, 0.717) is 12.6 Å². The van der Waals surface area contributed by atoms with E-state index in [1.54, 1.807) is 7.11 Å². The molecule has 23 heavy (non-hydrogen) atoms. The molecule has 1 heterocycles. The van der Waals surface area contributed by atoms with Crippen LogP contribution < -0.4 is 4.74 Å². The van der Waals surface area contributed by atoms with Crippen LogP contribution >= 0.6 is 0 Å². The van der Waals surface area contributed by atoms with Crippen LogP contribution in [0.5, 0.6) is 5.75 Å². The van der Waals surface area contributed by atoms with Crippen molar-refractivity contribution in [2.24, 2.45) is 0 Å². The average molecular weight is 311 g/mol. The summed E-state index contributed by atoms with van der Waals surface area (Å²) >= 11 is 0. The lowest BCUT2D eigenvalue weighted by atomic mass is 10.2. The second-order valence-electron chi connectivity index (χ2n) is 5.48. The van der Waals surface area contributed by atoms with Crippen molar-refractivity contribution < 1.29 is 9.53 Å². The normalized spacial score (nSPS) is 13.4. The van der Waals surface area contributed by atoms with Crippen LogP contribution in [0.3, 0.4) is 0 Å². The van der Waals surface area contributed by atoms with Gasteiger partial charge in [0.15, 0.2) is 0 Å². The molecule has 2 aromatic rings. The zero-order valence-corrected chi connectivity index (χ0v) is 12.8. The number of rotatable bonds is 6. The summed E-state index contributed by atoms with van der Waals surface area (Å²) in [5, 5.41) is 12.7. The molecule has 1 aliphatic carbocycles. The standard InChI is InChI=1S/C16H17N5O2/c1-23-14-6-2-12(3-7-14)9-21(13-4-5-13)16(22)10-20-11-18-15(8-17)19-20/h2-3,6-7,11,13H,4-5,9-10H2,1H3. The van der Waals surface area contributed by atoms with Gasteiger partial charge in [0.05, 0.1) is 7.11 Å². The summed E-state index contributed by atoms with van der Waals surface area (Å²) in [6.45, 7) is 0.661. The Balaban J connectivity index is 1.68. The number of aromatic nitrogens is 3. The van der Waals surface area contributed by atoms with Gasteiger partial charge in [-0.05, 0) is 30.5 Å². The SMILES string of the molecule is COc1ccc(CN(C(=O)Cn2cnc(C#N)n2)C2CC2)cc1. The van der Waals surface area contributed by atoms with Gasteiger partial charge in [-0.25, -0.2) is 9.67 Å². The molecular formula is C16H17N5O2. The van der Waals surface area contributed by atoms with Crippen molar-refractivity contribution in [3.05, 3.63) is 42.0 Å². The fourth-order valence-corrected chi connectivity index (χ4v) is 2.39. The monoisotopic (exact) mass is 311 g/mol. The molecule has 0 N–H and O–H groups in total. The number of ether oxygens (including phenoxy) is 1. The average Bonchev–Trinajstić information content (AvgIpc) is 3.32. The van der Waals surface area contributed by atoms with Gasteiger partial charge < -0.3 is 9.64 Å². The fraction of sp³-hybridized carbons (Fsp3) is 0.375. The second kappa shape index (κ2) is 6.48. The quantitative estimate of drug-likeness (QED) is 0.804. The van der Waals surface area contributed by atoms with Crippen molar-refractivity contribution in [3.63, 3.8) is 0 Å². The molecule has 1 aromatic heterocycles. The van der Waals surface area contributed by atoms with Gasteiger partial charge in [0, 0.05) is 12.6 Å². The number of carbonyl (C=O) groups is 1. The highest BCUT2D eigenvalue weighted by Crippen LogP contribution is 2.29. The maximum atomic E-state index is 12.5. The molecule has 7 heteroatoms. The Morgan fingerprint density at radius 3 is 2.74 bits per heavy atom. The molecule has 0 aliphatic heterocycles. The van der Waals surface area contributed by atoms with Crippen molar-refractivity contribution >= 4 is 5.91 Å². The molecule has 0 saturated heterocycles. The van der Waals surface area contributed by atoms with Crippen LogP contribution in [-0.4, -0.2) is 38.7 Å². The number of hydrogen-bond acceptors (Lipinski definition) is 5. The highest BCUT2D eigenvalue weighted by molar-refractivity contribution is 5.76. The van der Waals surface area contributed by atoms with Crippen molar-refractivity contribution in [2.75, 3.05) is 7.11 Å². The van der Waals surface area contributed by atoms with Gasteiger partial charge in [-0.3, -0.25) is 4.79 Å². The van der Waals surface area contributed by atoms with Crippen LogP contribution in [0.2, 0.25) is 0 Å². The van der Waals surface area contributed by atoms with Crippen molar-refractivity contribution in [1.82, 2.24) is 19.7 Å². The molecule has 7 nitrogen and oxygen atoms in total. The lowest BCUT2D eigenvalue weighted by molar-refractivity contribution is -0.133. The Hall–Kier alpha value is -2.88. The van der Waals surface area contributed by atoms with Crippen LogP contribution in [0.1, 0.15) is 24.2 Å². The highest BCUT2D eigenvalue weighted by Gasteiger charge is 2.32. The predicted molar refractivity (Wildman–Crippen MR) is 81.3 cm³/mol. The molecule has 1 saturated carbocycles. The third-order valence-electron chi connectivity index (χ3n) is 3.75. The highest BCUT2D eigenvalue weighted by atomic mass is 16.5. The summed E-state index contributed by atoms with van der Waals surface area (Å²) in [6.07, 6.45) is 3.47. The minimum atomic E-state index is -0.0160. The second-order valence-corrected chi connectivity index (χ2v) is 5.48. The van der Waals surface area contributed by atoms with E-state index in [4.69, 9.17) is 10.00 Å². The summed E-state index contributed by atoms with van der Waals surface area (Å²) in [6, 6.07) is 9.86. The number of nitriles is 1. The molecule has 0 spiro atoms. The number of benzene rings is 1. The zero-order chi connectivity index (χ0) is 16.2. The number of carbonyl (C=O) groups excluding carboxylic acids is 1. The van der Waals surface area contributed by atoms with E-state index in [1.807, 2.05) is 35.2 Å². The third-order valence-corrected chi connectivity index (χ3v) is 3.75. The Morgan fingerprint density at radius 2 is 2.17 bits per heavy atom. The number of hydrogen-bond donors (Lipinski definition) is 0. The van der Waals surface area contributed by atoms with Crippen LogP contribution in [0, 0.1) is 11.3 Å². The van der Waals surface area contributed by atoms with Gasteiger partial charge in [0.2, 0.25) is 5.91 Å². The van der Waals surface area contributed by atoms with Gasteiger partial charge in [0.25, 0.3) is 5.82 Å². The topological polar surface area (TPSA) is 84.0 Å². The Kier molecular flexibility index (Phi) is 4.24. The summed E-state index contributed by atoms with van der Waals surface area (Å²) in [7, 11) is 1.63. The minimum absolute atomic E-state index is 0.0160. The Morgan fingerprint density at radius 1 is 1.43 bits per heavy atom. The maximum absolute atomic E-state index is 12.5. The van der Waals surface area contributed by atoms with Crippen molar-refractivity contribution in [1.29, 1.82) is 5.26 Å². The van der Waals surface area contributed by atoms with E-state index >= 15 is 0 Å².